The number of hydrogen-bond acceptors (Lipinski definition) is 4. The molecule has 128 valence electrons. The van der Waals surface area contributed by atoms with E-state index in [-0.39, 0.29) is 5.91 Å². The number of hydrogen-bond donors (Lipinski definition) is 1. The maximum Gasteiger partial charge on any atom is 0.255 e. The fraction of sp³-hybridized carbons (Fsp3) is 0.200. The number of carbonyl (C=O) groups excluding carboxylic acids is 1. The summed E-state index contributed by atoms with van der Waals surface area (Å²) in [6.07, 6.45) is 1.79. The van der Waals surface area contributed by atoms with Crippen molar-refractivity contribution in [3.8, 4) is 10.6 Å². The zero-order chi connectivity index (χ0) is 17.6. The number of aromatic nitrogens is 1. The topological polar surface area (TPSA) is 45.2 Å². The molecule has 1 amide bonds. The van der Waals surface area contributed by atoms with Gasteiger partial charge in [-0.2, -0.15) is 0 Å². The molecule has 0 aliphatic rings. The zero-order valence-electron chi connectivity index (χ0n) is 14.4. The number of carbonyl (C=O) groups is 1. The molecule has 0 atom stereocenters. The van der Waals surface area contributed by atoms with Crippen molar-refractivity contribution in [1.29, 1.82) is 0 Å². The lowest BCUT2D eigenvalue weighted by Gasteiger charge is -2.21. The maximum absolute atomic E-state index is 12.4. The lowest BCUT2D eigenvalue weighted by molar-refractivity contribution is 0.102. The first-order valence-electron chi connectivity index (χ1n) is 8.37. The minimum absolute atomic E-state index is 0.104. The number of anilines is 2. The molecule has 0 aliphatic heterocycles. The Morgan fingerprint density at radius 1 is 1.04 bits per heavy atom. The van der Waals surface area contributed by atoms with Gasteiger partial charge in [0.15, 0.2) is 0 Å². The standard InChI is InChI=1S/C20H21N3OS/c1-3-23(4-2)18-11-7-15(8-12-18)19(24)22-17-9-5-16(6-10-17)20-21-13-14-25-20/h5-14H,3-4H2,1-2H3,(H,22,24). The van der Waals surface area contributed by atoms with Crippen LogP contribution in [0.5, 0.6) is 0 Å². The molecule has 4 nitrogen and oxygen atoms in total. The molecule has 0 fully saturated rings. The van der Waals surface area contributed by atoms with E-state index in [1.54, 1.807) is 17.5 Å². The Morgan fingerprint density at radius 2 is 1.72 bits per heavy atom. The second-order valence-electron chi connectivity index (χ2n) is 5.59. The average Bonchev–Trinajstić information content (AvgIpc) is 3.18. The van der Waals surface area contributed by atoms with Crippen LogP contribution < -0.4 is 10.2 Å². The molecule has 0 aliphatic carbocycles. The van der Waals surface area contributed by atoms with Crippen molar-refractivity contribution >= 4 is 28.6 Å². The smallest absolute Gasteiger partial charge is 0.255 e. The van der Waals surface area contributed by atoms with Gasteiger partial charge < -0.3 is 10.2 Å². The molecule has 0 radical (unpaired) electrons. The molecule has 3 aromatic rings. The highest BCUT2D eigenvalue weighted by Gasteiger charge is 2.08. The third kappa shape index (κ3) is 4.06. The maximum atomic E-state index is 12.4. The lowest BCUT2D eigenvalue weighted by Crippen LogP contribution is -2.21. The summed E-state index contributed by atoms with van der Waals surface area (Å²) in [6, 6.07) is 15.5. The van der Waals surface area contributed by atoms with E-state index < -0.39 is 0 Å². The van der Waals surface area contributed by atoms with Gasteiger partial charge in [-0.1, -0.05) is 0 Å². The molecule has 0 bridgehead atoms. The van der Waals surface area contributed by atoms with Crippen LogP contribution in [-0.4, -0.2) is 24.0 Å². The van der Waals surface area contributed by atoms with Crippen molar-refractivity contribution in [3.63, 3.8) is 0 Å². The fourth-order valence-corrected chi connectivity index (χ4v) is 3.32. The van der Waals surface area contributed by atoms with Crippen molar-refractivity contribution in [2.24, 2.45) is 0 Å². The molecular weight excluding hydrogens is 330 g/mol. The molecule has 1 N–H and O–H groups in total. The Kier molecular flexibility index (Phi) is 5.46. The van der Waals surface area contributed by atoms with Crippen LogP contribution in [0.3, 0.4) is 0 Å². The molecule has 0 saturated heterocycles. The van der Waals surface area contributed by atoms with E-state index in [0.717, 1.165) is 35.0 Å². The predicted octanol–water partition coefficient (Wildman–Crippen LogP) is 4.91. The summed E-state index contributed by atoms with van der Waals surface area (Å²) in [6.45, 7) is 6.15. The molecule has 1 heterocycles. The van der Waals surface area contributed by atoms with Gasteiger partial charge in [0, 0.05) is 47.2 Å². The van der Waals surface area contributed by atoms with Crippen molar-refractivity contribution < 1.29 is 4.79 Å². The molecule has 25 heavy (non-hydrogen) atoms. The summed E-state index contributed by atoms with van der Waals surface area (Å²) in [5.41, 5.74) is 3.61. The second kappa shape index (κ2) is 7.94. The quantitative estimate of drug-likeness (QED) is 0.686. The van der Waals surface area contributed by atoms with E-state index in [1.807, 2.05) is 53.9 Å². The Labute approximate surface area is 152 Å². The van der Waals surface area contributed by atoms with Crippen LogP contribution in [0.1, 0.15) is 24.2 Å². The van der Waals surface area contributed by atoms with E-state index >= 15 is 0 Å². The average molecular weight is 351 g/mol. The highest BCUT2D eigenvalue weighted by molar-refractivity contribution is 7.13. The first-order chi connectivity index (χ1) is 12.2. The minimum atomic E-state index is -0.104. The van der Waals surface area contributed by atoms with Crippen LogP contribution in [0.4, 0.5) is 11.4 Å². The predicted molar refractivity (Wildman–Crippen MR) is 106 cm³/mol. The second-order valence-corrected chi connectivity index (χ2v) is 6.48. The molecule has 5 heteroatoms. The normalized spacial score (nSPS) is 10.5. The van der Waals surface area contributed by atoms with Gasteiger partial charge in [0.2, 0.25) is 0 Å². The van der Waals surface area contributed by atoms with Gasteiger partial charge in [0.25, 0.3) is 5.91 Å². The van der Waals surface area contributed by atoms with Gasteiger partial charge in [0.05, 0.1) is 0 Å². The van der Waals surface area contributed by atoms with E-state index in [9.17, 15) is 4.79 Å². The molecule has 1 aromatic heterocycles. The number of amides is 1. The summed E-state index contributed by atoms with van der Waals surface area (Å²) in [5, 5.41) is 5.87. The van der Waals surface area contributed by atoms with E-state index in [2.05, 4.69) is 29.0 Å². The van der Waals surface area contributed by atoms with Crippen molar-refractivity contribution in [2.75, 3.05) is 23.3 Å². The van der Waals surface area contributed by atoms with E-state index in [0.29, 0.717) is 5.56 Å². The van der Waals surface area contributed by atoms with Gasteiger partial charge in [0.1, 0.15) is 5.01 Å². The van der Waals surface area contributed by atoms with Gasteiger partial charge in [-0.25, -0.2) is 4.98 Å². The lowest BCUT2D eigenvalue weighted by atomic mass is 10.1. The van der Waals surface area contributed by atoms with Crippen molar-refractivity contribution in [3.05, 3.63) is 65.7 Å². The van der Waals surface area contributed by atoms with Crippen LogP contribution >= 0.6 is 11.3 Å². The fourth-order valence-electron chi connectivity index (χ4n) is 2.68. The molecule has 3 rings (SSSR count). The molecule has 2 aromatic carbocycles. The van der Waals surface area contributed by atoms with Crippen LogP contribution in [-0.2, 0) is 0 Å². The number of rotatable bonds is 6. The van der Waals surface area contributed by atoms with Crippen molar-refractivity contribution in [2.45, 2.75) is 13.8 Å². The summed E-state index contributed by atoms with van der Waals surface area (Å²) in [7, 11) is 0. The monoisotopic (exact) mass is 351 g/mol. The Bertz CT molecular complexity index is 807. The Morgan fingerprint density at radius 3 is 2.28 bits per heavy atom. The first kappa shape index (κ1) is 17.2. The number of benzene rings is 2. The molecular formula is C20H21N3OS. The Hall–Kier alpha value is -2.66. The van der Waals surface area contributed by atoms with Crippen LogP contribution in [0.25, 0.3) is 10.6 Å². The van der Waals surface area contributed by atoms with E-state index in [4.69, 9.17) is 0 Å². The highest BCUT2D eigenvalue weighted by atomic mass is 32.1. The number of nitrogens with one attached hydrogen (secondary N) is 1. The summed E-state index contributed by atoms with van der Waals surface area (Å²) in [5.74, 6) is -0.104. The number of thiazole rings is 1. The first-order valence-corrected chi connectivity index (χ1v) is 9.25. The van der Waals surface area contributed by atoms with E-state index in [1.165, 1.54) is 0 Å². The molecule has 0 unspecified atom stereocenters. The largest absolute Gasteiger partial charge is 0.372 e. The molecule has 0 spiro atoms. The van der Waals surface area contributed by atoms with Gasteiger partial charge in [-0.05, 0) is 62.4 Å². The Balaban J connectivity index is 1.67. The van der Waals surface area contributed by atoms with Gasteiger partial charge in [-0.3, -0.25) is 4.79 Å². The van der Waals surface area contributed by atoms with Crippen LogP contribution in [0.15, 0.2) is 60.1 Å². The summed E-state index contributed by atoms with van der Waals surface area (Å²) >= 11 is 1.60. The highest BCUT2D eigenvalue weighted by Crippen LogP contribution is 2.23. The summed E-state index contributed by atoms with van der Waals surface area (Å²) < 4.78 is 0. The van der Waals surface area contributed by atoms with Crippen LogP contribution in [0.2, 0.25) is 0 Å². The van der Waals surface area contributed by atoms with Gasteiger partial charge >= 0.3 is 0 Å². The van der Waals surface area contributed by atoms with Crippen molar-refractivity contribution in [1.82, 2.24) is 4.98 Å². The minimum Gasteiger partial charge on any atom is -0.372 e. The number of nitrogens with zero attached hydrogens (tertiary/aromatic N) is 2. The third-order valence-electron chi connectivity index (χ3n) is 4.08. The van der Waals surface area contributed by atoms with Crippen LogP contribution in [0, 0.1) is 0 Å². The summed E-state index contributed by atoms with van der Waals surface area (Å²) in [4.78, 5) is 19.0. The zero-order valence-corrected chi connectivity index (χ0v) is 15.2. The molecule has 0 saturated carbocycles. The SMILES string of the molecule is CCN(CC)c1ccc(C(=O)Nc2ccc(-c3nccs3)cc2)cc1. The van der Waals surface area contributed by atoms with Gasteiger partial charge in [-0.15, -0.1) is 11.3 Å². The third-order valence-corrected chi connectivity index (χ3v) is 4.90.